The Morgan fingerprint density at radius 1 is 0.750 bits per heavy atom. The van der Waals surface area contributed by atoms with Crippen LogP contribution < -0.4 is 9.47 Å². The van der Waals surface area contributed by atoms with Crippen LogP contribution in [0.1, 0.15) is 0 Å². The number of carbonyl (C=O) groups is 1. The van der Waals surface area contributed by atoms with Crippen molar-refractivity contribution in [1.82, 2.24) is 0 Å². The summed E-state index contributed by atoms with van der Waals surface area (Å²) in [4.78, 5) is 11.3. The average Bonchev–Trinajstić information content (AvgIpc) is 2.40. The van der Waals surface area contributed by atoms with E-state index in [1.165, 1.54) is 0 Å². The van der Waals surface area contributed by atoms with Crippen molar-refractivity contribution in [3.05, 3.63) is 59.7 Å². The van der Waals surface area contributed by atoms with Gasteiger partial charge in [-0.2, -0.15) is 8.78 Å². The minimum Gasteiger partial charge on any atom is -0.391 e. The molecular weight excluding hydrogens is 280 g/mol. The van der Waals surface area contributed by atoms with E-state index in [0.29, 0.717) is 0 Å². The Labute approximate surface area is 110 Å². The van der Waals surface area contributed by atoms with Gasteiger partial charge in [-0.1, -0.05) is 12.1 Å². The molecule has 7 heteroatoms. The van der Waals surface area contributed by atoms with E-state index >= 15 is 0 Å². The molecule has 0 aliphatic heterocycles. The fraction of sp³-hybridized carbons (Fsp3) is 0. The summed E-state index contributed by atoms with van der Waals surface area (Å²) >= 11 is 0. The molecule has 2 aromatic rings. The van der Waals surface area contributed by atoms with E-state index in [1.807, 2.05) is 0 Å². The first-order valence-corrected chi connectivity index (χ1v) is 5.26. The minimum atomic E-state index is -1.53. The van der Waals surface area contributed by atoms with E-state index < -0.39 is 40.9 Å². The normalized spacial score (nSPS) is 10.2. The molecule has 0 saturated heterocycles. The van der Waals surface area contributed by atoms with Crippen LogP contribution in [0.3, 0.4) is 0 Å². The zero-order valence-electron chi connectivity index (χ0n) is 9.70. The largest absolute Gasteiger partial charge is 0.519 e. The van der Waals surface area contributed by atoms with E-state index in [0.717, 1.165) is 36.4 Å². The third-order valence-electron chi connectivity index (χ3n) is 2.22. The zero-order chi connectivity index (χ0) is 14.7. The highest BCUT2D eigenvalue weighted by molar-refractivity contribution is 5.67. The predicted molar refractivity (Wildman–Crippen MR) is 59.4 cm³/mol. The number of benzene rings is 2. The van der Waals surface area contributed by atoms with Gasteiger partial charge in [0.1, 0.15) is 0 Å². The molecule has 0 bridgehead atoms. The molecule has 0 fully saturated rings. The van der Waals surface area contributed by atoms with Crippen LogP contribution in [-0.2, 0) is 0 Å². The maximum absolute atomic E-state index is 13.2. The molecule has 0 aliphatic carbocycles. The zero-order valence-corrected chi connectivity index (χ0v) is 9.70. The topological polar surface area (TPSA) is 35.5 Å². The lowest BCUT2D eigenvalue weighted by Gasteiger charge is -2.07. The molecule has 2 rings (SSSR count). The van der Waals surface area contributed by atoms with Gasteiger partial charge in [-0.05, 0) is 24.3 Å². The Morgan fingerprint density at radius 3 is 1.55 bits per heavy atom. The number of rotatable bonds is 2. The van der Waals surface area contributed by atoms with E-state index in [-0.39, 0.29) is 0 Å². The second-order valence-corrected chi connectivity index (χ2v) is 3.56. The van der Waals surface area contributed by atoms with Crippen LogP contribution in [0.4, 0.5) is 22.4 Å². The standard InChI is InChI=1S/C13H6F4O3/c14-7-3-1-5-9(11(7)16)19-13(18)20-10-6-2-4-8(15)12(10)17/h1-6H. The predicted octanol–water partition coefficient (Wildman–Crippen LogP) is 3.82. The van der Waals surface area contributed by atoms with Crippen LogP contribution in [0.2, 0.25) is 0 Å². The summed E-state index contributed by atoms with van der Waals surface area (Å²) in [6.07, 6.45) is -1.53. The molecule has 2 aromatic carbocycles. The van der Waals surface area contributed by atoms with Gasteiger partial charge in [0.25, 0.3) is 0 Å². The summed E-state index contributed by atoms with van der Waals surface area (Å²) in [5.41, 5.74) is 0. The Morgan fingerprint density at radius 2 is 1.15 bits per heavy atom. The fourth-order valence-corrected chi connectivity index (χ4v) is 1.33. The van der Waals surface area contributed by atoms with Gasteiger partial charge in [0.05, 0.1) is 0 Å². The number of hydrogen-bond donors (Lipinski definition) is 0. The monoisotopic (exact) mass is 286 g/mol. The molecule has 0 aliphatic rings. The Kier molecular flexibility index (Phi) is 3.88. The first-order valence-electron chi connectivity index (χ1n) is 5.26. The lowest BCUT2D eigenvalue weighted by molar-refractivity contribution is 0.147. The molecule has 20 heavy (non-hydrogen) atoms. The number of hydrogen-bond acceptors (Lipinski definition) is 3. The SMILES string of the molecule is O=C(Oc1cccc(F)c1F)Oc1cccc(F)c1F. The lowest BCUT2D eigenvalue weighted by atomic mass is 10.3. The summed E-state index contributed by atoms with van der Waals surface area (Å²) in [7, 11) is 0. The molecule has 104 valence electrons. The third kappa shape index (κ3) is 2.87. The Hall–Kier alpha value is -2.57. The van der Waals surface area contributed by atoms with E-state index in [9.17, 15) is 22.4 Å². The number of halogens is 4. The first kappa shape index (κ1) is 13.9. The summed E-state index contributed by atoms with van der Waals surface area (Å²) in [5.74, 6) is -6.72. The first-order chi connectivity index (χ1) is 9.49. The lowest BCUT2D eigenvalue weighted by Crippen LogP contribution is -2.15. The molecule has 0 unspecified atom stereocenters. The highest BCUT2D eigenvalue weighted by Gasteiger charge is 2.17. The molecule has 0 atom stereocenters. The van der Waals surface area contributed by atoms with Gasteiger partial charge >= 0.3 is 6.16 Å². The Balaban J connectivity index is 2.13. The van der Waals surface area contributed by atoms with Gasteiger partial charge in [0.15, 0.2) is 23.1 Å². The minimum absolute atomic E-state index is 0.730. The van der Waals surface area contributed by atoms with Gasteiger partial charge in [-0.25, -0.2) is 13.6 Å². The molecule has 3 nitrogen and oxygen atoms in total. The van der Waals surface area contributed by atoms with Crippen molar-refractivity contribution in [2.45, 2.75) is 0 Å². The van der Waals surface area contributed by atoms with Crippen molar-refractivity contribution in [2.24, 2.45) is 0 Å². The molecular formula is C13H6F4O3. The quantitative estimate of drug-likeness (QED) is 0.478. The summed E-state index contributed by atoms with van der Waals surface area (Å²) in [6, 6.07) is 5.79. The van der Waals surface area contributed by atoms with E-state index in [4.69, 9.17) is 0 Å². The molecule has 0 amide bonds. The second kappa shape index (κ2) is 5.60. The van der Waals surface area contributed by atoms with Crippen molar-refractivity contribution in [1.29, 1.82) is 0 Å². The van der Waals surface area contributed by atoms with Gasteiger partial charge in [0.2, 0.25) is 11.6 Å². The van der Waals surface area contributed by atoms with Gasteiger partial charge < -0.3 is 9.47 Å². The third-order valence-corrected chi connectivity index (χ3v) is 2.22. The summed E-state index contributed by atoms with van der Waals surface area (Å²) < 4.78 is 60.8. The summed E-state index contributed by atoms with van der Waals surface area (Å²) in [5, 5.41) is 0. The highest BCUT2D eigenvalue weighted by Crippen LogP contribution is 2.22. The molecule has 0 aromatic heterocycles. The molecule has 0 heterocycles. The van der Waals surface area contributed by atoms with Crippen molar-refractivity contribution < 1.29 is 31.8 Å². The van der Waals surface area contributed by atoms with Crippen LogP contribution in [0.25, 0.3) is 0 Å². The second-order valence-electron chi connectivity index (χ2n) is 3.56. The van der Waals surface area contributed by atoms with Crippen LogP contribution >= 0.6 is 0 Å². The van der Waals surface area contributed by atoms with E-state index in [1.54, 1.807) is 0 Å². The van der Waals surface area contributed by atoms with Crippen molar-refractivity contribution in [2.75, 3.05) is 0 Å². The molecule has 0 saturated carbocycles. The van der Waals surface area contributed by atoms with Gasteiger partial charge in [-0.15, -0.1) is 0 Å². The number of carbonyl (C=O) groups excluding carboxylic acids is 1. The Bertz CT molecular complexity index is 603. The number of ether oxygens (including phenoxy) is 2. The molecule has 0 N–H and O–H groups in total. The average molecular weight is 286 g/mol. The maximum Gasteiger partial charge on any atom is 0.519 e. The maximum atomic E-state index is 13.2. The fourth-order valence-electron chi connectivity index (χ4n) is 1.33. The van der Waals surface area contributed by atoms with Crippen molar-refractivity contribution in [3.8, 4) is 11.5 Å². The van der Waals surface area contributed by atoms with Crippen LogP contribution in [0.15, 0.2) is 36.4 Å². The van der Waals surface area contributed by atoms with Gasteiger partial charge in [0, 0.05) is 0 Å². The summed E-state index contributed by atoms with van der Waals surface area (Å²) in [6.45, 7) is 0. The highest BCUT2D eigenvalue weighted by atomic mass is 19.2. The van der Waals surface area contributed by atoms with Crippen LogP contribution in [0, 0.1) is 23.3 Å². The molecule has 0 spiro atoms. The van der Waals surface area contributed by atoms with Gasteiger partial charge in [-0.3, -0.25) is 0 Å². The van der Waals surface area contributed by atoms with Crippen LogP contribution in [-0.4, -0.2) is 6.16 Å². The molecule has 0 radical (unpaired) electrons. The van der Waals surface area contributed by atoms with Crippen molar-refractivity contribution in [3.63, 3.8) is 0 Å². The van der Waals surface area contributed by atoms with Crippen molar-refractivity contribution >= 4 is 6.16 Å². The van der Waals surface area contributed by atoms with Crippen LogP contribution in [0.5, 0.6) is 11.5 Å². The smallest absolute Gasteiger partial charge is 0.391 e. The van der Waals surface area contributed by atoms with E-state index in [2.05, 4.69) is 9.47 Å².